The quantitative estimate of drug-likeness (QED) is 0.395. The first kappa shape index (κ1) is 17.6. The lowest BCUT2D eigenvalue weighted by Gasteiger charge is -2.11. The third-order valence-electron chi connectivity index (χ3n) is 4.87. The second kappa shape index (κ2) is 6.87. The maximum Gasteiger partial charge on any atom is 0.199 e. The molecule has 0 radical (unpaired) electrons. The standard InChI is InChI=1S/C23H17ClN4O/c1-14-7-9-15(10-8-14)22-27-21-23(26-19-6-4-3-5-18(19)25-21)28(22)16-11-12-20(29-2)17(24)13-16/h3-13H,1-2H3. The van der Waals surface area contributed by atoms with E-state index in [2.05, 4.69) is 31.2 Å². The van der Waals surface area contributed by atoms with Crippen LogP contribution in [0.1, 0.15) is 5.56 Å². The molecule has 6 heteroatoms. The number of benzene rings is 3. The fraction of sp³-hybridized carbons (Fsp3) is 0.0870. The van der Waals surface area contributed by atoms with Crippen LogP contribution >= 0.6 is 11.6 Å². The van der Waals surface area contributed by atoms with Crippen molar-refractivity contribution in [1.29, 1.82) is 0 Å². The van der Waals surface area contributed by atoms with E-state index in [-0.39, 0.29) is 0 Å². The second-order valence-corrected chi connectivity index (χ2v) is 7.22. The van der Waals surface area contributed by atoms with E-state index < -0.39 is 0 Å². The molecule has 0 saturated heterocycles. The summed E-state index contributed by atoms with van der Waals surface area (Å²) in [5, 5.41) is 0.524. The van der Waals surface area contributed by atoms with E-state index in [1.807, 2.05) is 47.0 Å². The number of ether oxygens (including phenoxy) is 1. The van der Waals surface area contributed by atoms with E-state index >= 15 is 0 Å². The van der Waals surface area contributed by atoms with Gasteiger partial charge in [-0.15, -0.1) is 0 Å². The van der Waals surface area contributed by atoms with Gasteiger partial charge in [-0.1, -0.05) is 53.6 Å². The molecule has 29 heavy (non-hydrogen) atoms. The van der Waals surface area contributed by atoms with Gasteiger partial charge >= 0.3 is 0 Å². The van der Waals surface area contributed by atoms with Crippen LogP contribution in [-0.2, 0) is 0 Å². The minimum Gasteiger partial charge on any atom is -0.495 e. The zero-order valence-corrected chi connectivity index (χ0v) is 16.7. The molecule has 0 amide bonds. The van der Waals surface area contributed by atoms with Gasteiger partial charge < -0.3 is 4.74 Å². The molecule has 5 rings (SSSR count). The number of aromatic nitrogens is 4. The number of hydrogen-bond donors (Lipinski definition) is 0. The minimum absolute atomic E-state index is 0.524. The fourth-order valence-electron chi connectivity index (χ4n) is 3.39. The highest BCUT2D eigenvalue weighted by molar-refractivity contribution is 6.32. The predicted octanol–water partition coefficient (Wildman–Crippen LogP) is 5.61. The van der Waals surface area contributed by atoms with Gasteiger partial charge in [0.1, 0.15) is 11.6 Å². The Hall–Kier alpha value is -3.44. The number of fused-ring (bicyclic) bond motifs is 2. The molecule has 0 aliphatic carbocycles. The van der Waals surface area contributed by atoms with Gasteiger partial charge in [0, 0.05) is 5.56 Å². The summed E-state index contributed by atoms with van der Waals surface area (Å²) in [5.41, 5.74) is 5.91. The lowest BCUT2D eigenvalue weighted by molar-refractivity contribution is 0.415. The lowest BCUT2D eigenvalue weighted by atomic mass is 10.1. The van der Waals surface area contributed by atoms with Gasteiger partial charge in [-0.25, -0.2) is 15.0 Å². The Morgan fingerprint density at radius 1 is 0.862 bits per heavy atom. The third kappa shape index (κ3) is 3.00. The molecule has 0 fully saturated rings. The van der Waals surface area contributed by atoms with Gasteiger partial charge in [0.05, 0.1) is 28.9 Å². The van der Waals surface area contributed by atoms with Crippen molar-refractivity contribution < 1.29 is 4.74 Å². The second-order valence-electron chi connectivity index (χ2n) is 6.82. The zero-order chi connectivity index (χ0) is 20.0. The van der Waals surface area contributed by atoms with Gasteiger partial charge in [0.15, 0.2) is 11.3 Å². The Labute approximate surface area is 172 Å². The number of methoxy groups -OCH3 is 1. The van der Waals surface area contributed by atoms with Crippen LogP contribution in [0.5, 0.6) is 5.75 Å². The maximum atomic E-state index is 6.42. The molecule has 2 aromatic heterocycles. The molecule has 0 atom stereocenters. The molecule has 142 valence electrons. The number of para-hydroxylation sites is 2. The van der Waals surface area contributed by atoms with Crippen LogP contribution < -0.4 is 4.74 Å². The van der Waals surface area contributed by atoms with Crippen molar-refractivity contribution >= 4 is 33.9 Å². The van der Waals surface area contributed by atoms with Crippen molar-refractivity contribution in [2.45, 2.75) is 6.92 Å². The Bertz CT molecular complexity index is 1360. The van der Waals surface area contributed by atoms with Gasteiger partial charge in [-0.2, -0.15) is 0 Å². The first-order valence-corrected chi connectivity index (χ1v) is 9.58. The maximum absolute atomic E-state index is 6.42. The summed E-state index contributed by atoms with van der Waals surface area (Å²) in [6.07, 6.45) is 0. The molecular weight excluding hydrogens is 384 g/mol. The highest BCUT2D eigenvalue weighted by Gasteiger charge is 2.18. The summed E-state index contributed by atoms with van der Waals surface area (Å²) in [6.45, 7) is 2.06. The Balaban J connectivity index is 1.85. The average Bonchev–Trinajstić information content (AvgIpc) is 3.10. The molecule has 5 aromatic rings. The van der Waals surface area contributed by atoms with Crippen molar-refractivity contribution in [3.05, 3.63) is 77.3 Å². The first-order chi connectivity index (χ1) is 14.1. The molecule has 0 N–H and O–H groups in total. The monoisotopic (exact) mass is 400 g/mol. The summed E-state index contributed by atoms with van der Waals surface area (Å²) >= 11 is 6.42. The topological polar surface area (TPSA) is 52.8 Å². The van der Waals surface area contributed by atoms with Gasteiger partial charge in [0.25, 0.3) is 0 Å². The van der Waals surface area contributed by atoms with Crippen molar-refractivity contribution in [2.75, 3.05) is 7.11 Å². The van der Waals surface area contributed by atoms with Crippen LogP contribution in [0.4, 0.5) is 0 Å². The molecule has 0 bridgehead atoms. The van der Waals surface area contributed by atoms with Crippen molar-refractivity contribution in [3.63, 3.8) is 0 Å². The Morgan fingerprint density at radius 2 is 1.59 bits per heavy atom. The normalized spacial score (nSPS) is 11.3. The predicted molar refractivity (Wildman–Crippen MR) is 116 cm³/mol. The molecule has 2 heterocycles. The first-order valence-electron chi connectivity index (χ1n) is 9.20. The van der Waals surface area contributed by atoms with Gasteiger partial charge in [-0.3, -0.25) is 4.57 Å². The molecule has 0 aliphatic heterocycles. The van der Waals surface area contributed by atoms with E-state index in [0.717, 1.165) is 28.1 Å². The molecule has 0 spiro atoms. The van der Waals surface area contributed by atoms with Crippen LogP contribution in [0.15, 0.2) is 66.7 Å². The fourth-order valence-corrected chi connectivity index (χ4v) is 3.64. The lowest BCUT2D eigenvalue weighted by Crippen LogP contribution is -2.00. The summed E-state index contributed by atoms with van der Waals surface area (Å²) in [7, 11) is 1.60. The van der Waals surface area contributed by atoms with E-state index in [4.69, 9.17) is 31.3 Å². The number of aryl methyl sites for hydroxylation is 1. The van der Waals surface area contributed by atoms with Crippen LogP contribution in [0.2, 0.25) is 5.02 Å². The number of halogens is 1. The number of hydrogen-bond acceptors (Lipinski definition) is 4. The third-order valence-corrected chi connectivity index (χ3v) is 5.17. The van der Waals surface area contributed by atoms with E-state index in [0.29, 0.717) is 22.1 Å². The summed E-state index contributed by atoms with van der Waals surface area (Å²) in [5.74, 6) is 1.38. The highest BCUT2D eigenvalue weighted by atomic mass is 35.5. The van der Waals surface area contributed by atoms with Gasteiger partial charge in [-0.05, 0) is 37.3 Å². The summed E-state index contributed by atoms with van der Waals surface area (Å²) < 4.78 is 7.30. The van der Waals surface area contributed by atoms with Crippen LogP contribution in [0.3, 0.4) is 0 Å². The van der Waals surface area contributed by atoms with Crippen LogP contribution in [-0.4, -0.2) is 26.6 Å². The summed E-state index contributed by atoms with van der Waals surface area (Å²) in [4.78, 5) is 14.4. The Morgan fingerprint density at radius 3 is 2.28 bits per heavy atom. The number of rotatable bonds is 3. The molecule has 3 aromatic carbocycles. The average molecular weight is 401 g/mol. The Kier molecular flexibility index (Phi) is 4.18. The smallest absolute Gasteiger partial charge is 0.199 e. The summed E-state index contributed by atoms with van der Waals surface area (Å²) in [6, 6.07) is 21.7. The molecule has 0 saturated carbocycles. The molecule has 0 unspecified atom stereocenters. The van der Waals surface area contributed by atoms with Crippen molar-refractivity contribution in [1.82, 2.24) is 19.5 Å². The number of imidazole rings is 1. The van der Waals surface area contributed by atoms with Crippen LogP contribution in [0.25, 0.3) is 39.4 Å². The zero-order valence-electron chi connectivity index (χ0n) is 15.9. The van der Waals surface area contributed by atoms with Crippen LogP contribution in [0, 0.1) is 6.92 Å². The SMILES string of the molecule is COc1ccc(-n2c(-c3ccc(C)cc3)nc3nc4ccccc4nc32)cc1Cl. The molecule has 0 aliphatic rings. The van der Waals surface area contributed by atoms with Crippen molar-refractivity contribution in [2.24, 2.45) is 0 Å². The number of nitrogens with zero attached hydrogens (tertiary/aromatic N) is 4. The molecule has 5 nitrogen and oxygen atoms in total. The highest BCUT2D eigenvalue weighted by Crippen LogP contribution is 2.32. The largest absolute Gasteiger partial charge is 0.495 e. The van der Waals surface area contributed by atoms with Gasteiger partial charge in [0.2, 0.25) is 0 Å². The minimum atomic E-state index is 0.524. The van der Waals surface area contributed by atoms with E-state index in [9.17, 15) is 0 Å². The molecular formula is C23H17ClN4O. The van der Waals surface area contributed by atoms with E-state index in [1.54, 1.807) is 7.11 Å². The van der Waals surface area contributed by atoms with E-state index in [1.165, 1.54) is 5.56 Å². The van der Waals surface area contributed by atoms with Crippen molar-refractivity contribution in [3.8, 4) is 22.8 Å².